The van der Waals surface area contributed by atoms with Gasteiger partial charge in [-0.2, -0.15) is 14.7 Å². The Labute approximate surface area is 208 Å². The van der Waals surface area contributed by atoms with Gasteiger partial charge in [-0.3, -0.25) is 4.79 Å². The maximum Gasteiger partial charge on any atom is 0.287 e. The van der Waals surface area contributed by atoms with Crippen LogP contribution in [0.1, 0.15) is 44.2 Å². The Morgan fingerprint density at radius 2 is 2.11 bits per heavy atom. The van der Waals surface area contributed by atoms with Crippen LogP contribution in [0, 0.1) is 11.3 Å². The Hall–Kier alpha value is -2.52. The van der Waals surface area contributed by atoms with Gasteiger partial charge in [0.05, 0.1) is 47.6 Å². The highest BCUT2D eigenvalue weighted by molar-refractivity contribution is 7.89. The molecule has 3 heterocycles. The van der Waals surface area contributed by atoms with Crippen molar-refractivity contribution < 1.29 is 17.5 Å². The van der Waals surface area contributed by atoms with Gasteiger partial charge in [-0.25, -0.2) is 17.5 Å². The highest BCUT2D eigenvalue weighted by Crippen LogP contribution is 2.31. The Kier molecular flexibility index (Phi) is 7.47. The summed E-state index contributed by atoms with van der Waals surface area (Å²) in [7, 11) is -3.76. The molecule has 2 fully saturated rings. The number of halogens is 2. The van der Waals surface area contributed by atoms with E-state index in [0.717, 1.165) is 0 Å². The first-order chi connectivity index (χ1) is 16.6. The number of ether oxygens (including phenoxy) is 1. The lowest BCUT2D eigenvalue weighted by Gasteiger charge is -2.36. The van der Waals surface area contributed by atoms with E-state index in [1.54, 1.807) is 6.92 Å². The molecular weight excluding hydrogens is 497 g/mol. The summed E-state index contributed by atoms with van der Waals surface area (Å²) in [6.07, 6.45) is 3.14. The molecular formula is C23H27ClFN5O4S. The van der Waals surface area contributed by atoms with Gasteiger partial charge in [-0.05, 0) is 56.9 Å². The van der Waals surface area contributed by atoms with Gasteiger partial charge in [0.1, 0.15) is 5.02 Å². The van der Waals surface area contributed by atoms with Crippen molar-refractivity contribution in [2.24, 2.45) is 0 Å². The maximum atomic E-state index is 14.8. The van der Waals surface area contributed by atoms with Crippen LogP contribution in [0.2, 0.25) is 5.02 Å². The van der Waals surface area contributed by atoms with E-state index in [4.69, 9.17) is 21.6 Å². The minimum Gasteiger partial charge on any atom is -0.379 e. The first-order valence-electron chi connectivity index (χ1n) is 11.4. The molecule has 0 spiro atoms. The van der Waals surface area contributed by atoms with Crippen molar-refractivity contribution >= 4 is 27.3 Å². The number of nitrogens with zero attached hydrogens (tertiary/aromatic N) is 4. The fourth-order valence-electron chi connectivity index (χ4n) is 4.58. The van der Waals surface area contributed by atoms with Gasteiger partial charge in [0, 0.05) is 19.2 Å². The molecule has 0 radical (unpaired) electrons. The lowest BCUT2D eigenvalue weighted by atomic mass is 9.99. The third kappa shape index (κ3) is 5.35. The molecule has 188 valence electrons. The molecule has 2 aliphatic rings. The molecule has 1 aromatic heterocycles. The number of alkyl halides is 1. The number of rotatable bonds is 6. The first kappa shape index (κ1) is 25.6. The Balaban J connectivity index is 1.45. The predicted octanol–water partition coefficient (Wildman–Crippen LogP) is 3.11. The first-order valence-corrected chi connectivity index (χ1v) is 13.3. The second-order valence-corrected chi connectivity index (χ2v) is 11.3. The zero-order chi connectivity index (χ0) is 25.2. The molecule has 2 aliphatic heterocycles. The summed E-state index contributed by atoms with van der Waals surface area (Å²) in [4.78, 5) is 13.1. The van der Waals surface area contributed by atoms with Crippen molar-refractivity contribution in [1.29, 1.82) is 5.26 Å². The number of benzene rings is 1. The Morgan fingerprint density at radius 3 is 2.74 bits per heavy atom. The summed E-state index contributed by atoms with van der Waals surface area (Å²) in [5, 5.41) is 16.0. The van der Waals surface area contributed by atoms with Gasteiger partial charge in [-0.1, -0.05) is 11.6 Å². The van der Waals surface area contributed by atoms with Gasteiger partial charge in [0.15, 0.2) is 5.67 Å². The van der Waals surface area contributed by atoms with E-state index in [0.29, 0.717) is 37.9 Å². The van der Waals surface area contributed by atoms with E-state index in [2.05, 4.69) is 10.4 Å². The third-order valence-corrected chi connectivity index (χ3v) is 8.93. The quantitative estimate of drug-likeness (QED) is 0.618. The zero-order valence-corrected chi connectivity index (χ0v) is 20.9. The minimum absolute atomic E-state index is 0.00997. The van der Waals surface area contributed by atoms with Crippen molar-refractivity contribution in [1.82, 2.24) is 14.1 Å². The van der Waals surface area contributed by atoms with Crippen LogP contribution in [-0.4, -0.2) is 60.5 Å². The predicted molar refractivity (Wildman–Crippen MR) is 129 cm³/mol. The number of hydrogen-bond donors (Lipinski definition) is 1. The maximum absolute atomic E-state index is 14.8. The summed E-state index contributed by atoms with van der Waals surface area (Å²) in [5.41, 5.74) is -1.40. The lowest BCUT2D eigenvalue weighted by molar-refractivity contribution is -0.0234. The van der Waals surface area contributed by atoms with Crippen LogP contribution in [0.15, 0.2) is 40.2 Å². The van der Waals surface area contributed by atoms with Gasteiger partial charge >= 0.3 is 0 Å². The van der Waals surface area contributed by atoms with Crippen LogP contribution in [0.3, 0.4) is 0 Å². The van der Waals surface area contributed by atoms with Crippen LogP contribution >= 0.6 is 11.6 Å². The number of piperidine rings is 1. The van der Waals surface area contributed by atoms with E-state index < -0.39 is 27.3 Å². The molecule has 2 saturated heterocycles. The van der Waals surface area contributed by atoms with Crippen molar-refractivity contribution in [2.45, 2.75) is 55.3 Å². The molecule has 1 aromatic carbocycles. The lowest BCUT2D eigenvalue weighted by Crippen LogP contribution is -2.46. The van der Waals surface area contributed by atoms with Crippen LogP contribution < -0.4 is 10.9 Å². The Morgan fingerprint density at radius 1 is 1.37 bits per heavy atom. The van der Waals surface area contributed by atoms with Gasteiger partial charge in [-0.15, -0.1) is 0 Å². The fourth-order valence-corrected chi connectivity index (χ4v) is 6.44. The molecule has 4 rings (SSSR count). The molecule has 0 saturated carbocycles. The van der Waals surface area contributed by atoms with Gasteiger partial charge < -0.3 is 10.1 Å². The highest BCUT2D eigenvalue weighted by Gasteiger charge is 2.36. The van der Waals surface area contributed by atoms with Crippen molar-refractivity contribution in [3.63, 3.8) is 0 Å². The van der Waals surface area contributed by atoms with Crippen LogP contribution in [0.5, 0.6) is 0 Å². The van der Waals surface area contributed by atoms with E-state index in [9.17, 15) is 17.6 Å². The highest BCUT2D eigenvalue weighted by atomic mass is 35.5. The molecule has 1 unspecified atom stereocenters. The summed E-state index contributed by atoms with van der Waals surface area (Å²) < 4.78 is 48.9. The second-order valence-electron chi connectivity index (χ2n) is 9.06. The third-order valence-electron chi connectivity index (χ3n) is 6.54. The average molecular weight is 524 g/mol. The van der Waals surface area contributed by atoms with E-state index >= 15 is 0 Å². The van der Waals surface area contributed by atoms with E-state index in [1.807, 2.05) is 6.07 Å². The second kappa shape index (κ2) is 10.2. The summed E-state index contributed by atoms with van der Waals surface area (Å²) in [6.45, 7) is 2.47. The summed E-state index contributed by atoms with van der Waals surface area (Å²) >= 11 is 6.30. The minimum atomic E-state index is -3.76. The van der Waals surface area contributed by atoms with Crippen LogP contribution in [-0.2, 0) is 14.8 Å². The number of aromatic nitrogens is 2. The Bertz CT molecular complexity index is 1270. The van der Waals surface area contributed by atoms with Crippen molar-refractivity contribution in [3.05, 3.63) is 51.4 Å². The average Bonchev–Trinajstić information content (AvgIpc) is 2.85. The molecule has 0 bridgehead atoms. The number of nitriles is 1. The molecule has 9 nitrogen and oxygen atoms in total. The zero-order valence-electron chi connectivity index (χ0n) is 19.3. The van der Waals surface area contributed by atoms with Crippen molar-refractivity contribution in [2.75, 3.05) is 31.6 Å². The number of anilines is 1. The largest absolute Gasteiger partial charge is 0.379 e. The smallest absolute Gasteiger partial charge is 0.287 e. The number of hydrogen-bond acceptors (Lipinski definition) is 7. The van der Waals surface area contributed by atoms with Gasteiger partial charge in [0.25, 0.3) is 5.56 Å². The molecule has 3 atom stereocenters. The number of nitrogens with one attached hydrogen (secondary N) is 1. The van der Waals surface area contributed by atoms with Crippen LogP contribution in [0.25, 0.3) is 0 Å². The molecule has 1 N–H and O–H groups in total. The van der Waals surface area contributed by atoms with E-state index in [1.165, 1.54) is 39.4 Å². The van der Waals surface area contributed by atoms with Crippen molar-refractivity contribution in [3.8, 4) is 6.07 Å². The molecule has 12 heteroatoms. The monoisotopic (exact) mass is 523 g/mol. The topological polar surface area (TPSA) is 117 Å². The number of sulfonamides is 1. The molecule has 35 heavy (non-hydrogen) atoms. The SMILES string of the molecule is C[C@@H]1CC(n2ncc(NC[C@@]3(F)CCCOC3)c(Cl)c2=O)CCN1S(=O)(=O)c1ccc(C#N)cc1. The summed E-state index contributed by atoms with van der Waals surface area (Å²) in [5.74, 6) is 0. The fraction of sp³-hybridized carbons (Fsp3) is 0.522. The molecule has 0 aliphatic carbocycles. The summed E-state index contributed by atoms with van der Waals surface area (Å²) in [6, 6.07) is 7.03. The van der Waals surface area contributed by atoms with E-state index in [-0.39, 0.29) is 41.3 Å². The normalized spacial score (nSPS) is 25.7. The molecule has 0 amide bonds. The molecule has 2 aromatic rings. The standard InChI is InChI=1S/C23H27ClFN5O4S/c1-16-11-18(7-9-29(16)35(32,33)19-5-3-17(12-26)4-6-19)30-22(31)21(24)20(13-28-30)27-14-23(25)8-2-10-34-15-23/h3-6,13,16,18,27H,2,7-11,14-15H2,1H3/t16-,18?,23+/m1/s1. The van der Waals surface area contributed by atoms with Gasteiger partial charge in [0.2, 0.25) is 10.0 Å². The van der Waals surface area contributed by atoms with Crippen LogP contribution in [0.4, 0.5) is 10.1 Å².